The van der Waals surface area contributed by atoms with Crippen molar-refractivity contribution >= 4 is 17.5 Å². The lowest BCUT2D eigenvalue weighted by atomic mass is 9.76. The van der Waals surface area contributed by atoms with Crippen molar-refractivity contribution in [3.8, 4) is 6.07 Å². The summed E-state index contributed by atoms with van der Waals surface area (Å²) in [6.07, 6.45) is -1.48. The van der Waals surface area contributed by atoms with E-state index < -0.39 is 29.3 Å². The highest BCUT2D eigenvalue weighted by atomic mass is 19.4. The summed E-state index contributed by atoms with van der Waals surface area (Å²) in [7, 11) is 0. The molecule has 4 rings (SSSR count). The van der Waals surface area contributed by atoms with Crippen molar-refractivity contribution in [2.24, 2.45) is 11.1 Å². The van der Waals surface area contributed by atoms with Gasteiger partial charge >= 0.3 is 6.18 Å². The smallest absolute Gasteiger partial charge is 0.371 e. The molecule has 1 atom stereocenters. The van der Waals surface area contributed by atoms with Crippen LogP contribution < -0.4 is 10.6 Å². The lowest BCUT2D eigenvalue weighted by Gasteiger charge is -2.40. The molecule has 3 heterocycles. The lowest BCUT2D eigenvalue weighted by Crippen LogP contribution is -2.45. The van der Waals surface area contributed by atoms with Crippen LogP contribution in [0.4, 0.5) is 18.9 Å². The number of nitrogens with zero attached hydrogens (tertiary/aromatic N) is 5. The minimum absolute atomic E-state index is 0.302. The normalized spacial score (nSPS) is 19.9. The van der Waals surface area contributed by atoms with Crippen LogP contribution in [0, 0.1) is 16.7 Å². The Morgan fingerprint density at radius 3 is 2.56 bits per heavy atom. The molecule has 2 saturated heterocycles. The molecule has 180 valence electrons. The first-order chi connectivity index (χ1) is 16.1. The first-order valence-corrected chi connectivity index (χ1v) is 11.1. The van der Waals surface area contributed by atoms with E-state index in [4.69, 9.17) is 11.0 Å². The molecule has 0 bridgehead atoms. The van der Waals surface area contributed by atoms with E-state index in [9.17, 15) is 22.8 Å². The molecule has 1 spiro atoms. The van der Waals surface area contributed by atoms with E-state index in [-0.39, 0.29) is 11.3 Å². The van der Waals surface area contributed by atoms with Crippen LogP contribution >= 0.6 is 0 Å². The molecule has 0 radical (unpaired) electrons. The Kier molecular flexibility index (Phi) is 6.02. The lowest BCUT2D eigenvalue weighted by molar-refractivity contribution is -0.137. The fourth-order valence-corrected chi connectivity index (χ4v) is 5.10. The van der Waals surface area contributed by atoms with E-state index in [1.54, 1.807) is 16.8 Å². The largest absolute Gasteiger partial charge is 0.417 e. The number of nitrogens with two attached hydrogens (primary N) is 1. The summed E-state index contributed by atoms with van der Waals surface area (Å²) >= 11 is 0. The topological polar surface area (TPSA) is 108 Å². The summed E-state index contributed by atoms with van der Waals surface area (Å²) in [5.74, 6) is -0.874. The van der Waals surface area contributed by atoms with E-state index in [1.807, 2.05) is 11.8 Å². The van der Waals surface area contributed by atoms with Gasteiger partial charge in [-0.2, -0.15) is 23.5 Å². The molecule has 11 heteroatoms. The Hall–Kier alpha value is -3.55. The van der Waals surface area contributed by atoms with Crippen LogP contribution in [0.25, 0.3) is 0 Å². The molecule has 1 aromatic heterocycles. The fourth-order valence-electron chi connectivity index (χ4n) is 5.10. The molecule has 2 N–H and O–H groups in total. The van der Waals surface area contributed by atoms with Crippen molar-refractivity contribution < 1.29 is 22.8 Å². The van der Waals surface area contributed by atoms with Crippen LogP contribution in [0.2, 0.25) is 0 Å². The predicted molar refractivity (Wildman–Crippen MR) is 117 cm³/mol. The zero-order valence-corrected chi connectivity index (χ0v) is 18.7. The van der Waals surface area contributed by atoms with Gasteiger partial charge < -0.3 is 15.5 Å². The monoisotopic (exact) mass is 474 g/mol. The number of halogens is 3. The van der Waals surface area contributed by atoms with Crippen molar-refractivity contribution in [2.75, 3.05) is 24.5 Å². The molecule has 0 aliphatic carbocycles. The molecule has 2 fully saturated rings. The van der Waals surface area contributed by atoms with Crippen molar-refractivity contribution in [3.05, 3.63) is 47.3 Å². The number of carbonyl (C=O) groups is 2. The molecular weight excluding hydrogens is 449 g/mol. The number of primary amides is 1. The molecule has 8 nitrogen and oxygen atoms in total. The molecule has 2 aliphatic rings. The highest BCUT2D eigenvalue weighted by molar-refractivity contribution is 5.96. The molecule has 34 heavy (non-hydrogen) atoms. The molecule has 2 aliphatic heterocycles. The molecule has 1 aromatic carbocycles. The Labute approximate surface area is 194 Å². The van der Waals surface area contributed by atoms with Crippen LogP contribution in [0.1, 0.15) is 47.8 Å². The SMILES string of the molecule is CCn1nccc1C(=O)N1CC2(CCN(c3ccc(C#N)c(C(F)(F)F)c3)CC2)CC1C(N)=O. The highest BCUT2D eigenvalue weighted by Gasteiger charge is 2.49. The second-order valence-electron chi connectivity index (χ2n) is 8.91. The first-order valence-electron chi connectivity index (χ1n) is 11.1. The van der Waals surface area contributed by atoms with Gasteiger partial charge in [-0.3, -0.25) is 14.3 Å². The zero-order valence-electron chi connectivity index (χ0n) is 18.7. The number of benzene rings is 1. The third kappa shape index (κ3) is 4.20. The van der Waals surface area contributed by atoms with Crippen LogP contribution in [-0.2, 0) is 17.5 Å². The number of aryl methyl sites for hydroxylation is 1. The maximum absolute atomic E-state index is 13.4. The summed E-state index contributed by atoms with van der Waals surface area (Å²) in [6, 6.07) is 6.19. The van der Waals surface area contributed by atoms with E-state index in [0.717, 1.165) is 6.07 Å². The molecular formula is C23H25F3N6O2. The summed E-state index contributed by atoms with van der Waals surface area (Å²) < 4.78 is 41.7. The second-order valence-corrected chi connectivity index (χ2v) is 8.91. The number of hydrogen-bond acceptors (Lipinski definition) is 5. The third-order valence-electron chi connectivity index (χ3n) is 6.95. The summed E-state index contributed by atoms with van der Waals surface area (Å²) in [6.45, 7) is 3.65. The third-order valence-corrected chi connectivity index (χ3v) is 6.95. The standard InChI is InChI=1S/C23H25F3N6O2/c1-2-32-18(5-8-29-32)21(34)31-14-22(12-19(31)20(28)33)6-9-30(10-7-22)16-4-3-15(13-27)17(11-16)23(24,25)26/h3-5,8,11,19H,2,6-7,9-10,12,14H2,1H3,(H2,28,33). The van der Waals surface area contributed by atoms with Gasteiger partial charge in [-0.15, -0.1) is 0 Å². The number of aromatic nitrogens is 2. The van der Waals surface area contributed by atoms with Gasteiger partial charge in [0.2, 0.25) is 5.91 Å². The summed E-state index contributed by atoms with van der Waals surface area (Å²) in [5.41, 5.74) is 4.72. The average molecular weight is 474 g/mol. The van der Waals surface area contributed by atoms with Crippen molar-refractivity contribution in [1.82, 2.24) is 14.7 Å². The van der Waals surface area contributed by atoms with Gasteiger partial charge in [0.25, 0.3) is 5.91 Å². The van der Waals surface area contributed by atoms with Crippen LogP contribution in [-0.4, -0.2) is 52.2 Å². The Balaban J connectivity index is 1.52. The maximum Gasteiger partial charge on any atom is 0.417 e. The molecule has 1 unspecified atom stereocenters. The number of hydrogen-bond donors (Lipinski definition) is 1. The summed E-state index contributed by atoms with van der Waals surface area (Å²) in [5, 5.41) is 13.2. The maximum atomic E-state index is 13.4. The highest BCUT2D eigenvalue weighted by Crippen LogP contribution is 2.45. The fraction of sp³-hybridized carbons (Fsp3) is 0.478. The number of alkyl halides is 3. The number of amides is 2. The number of rotatable bonds is 4. The molecule has 0 saturated carbocycles. The van der Waals surface area contributed by atoms with Gasteiger partial charge in [-0.1, -0.05) is 0 Å². The van der Waals surface area contributed by atoms with E-state index in [0.29, 0.717) is 56.8 Å². The van der Waals surface area contributed by atoms with Crippen LogP contribution in [0.3, 0.4) is 0 Å². The van der Waals surface area contributed by atoms with Crippen molar-refractivity contribution in [3.63, 3.8) is 0 Å². The van der Waals surface area contributed by atoms with Crippen molar-refractivity contribution in [1.29, 1.82) is 5.26 Å². The van der Waals surface area contributed by atoms with Gasteiger partial charge in [-0.05, 0) is 55.9 Å². The Morgan fingerprint density at radius 1 is 1.26 bits per heavy atom. The second kappa shape index (κ2) is 8.66. The minimum atomic E-state index is -4.62. The van der Waals surface area contributed by atoms with E-state index >= 15 is 0 Å². The number of likely N-dealkylation sites (tertiary alicyclic amines) is 1. The van der Waals surface area contributed by atoms with Gasteiger partial charge in [0.1, 0.15) is 11.7 Å². The Bertz CT molecular complexity index is 1140. The van der Waals surface area contributed by atoms with Crippen LogP contribution in [0.5, 0.6) is 0 Å². The quantitative estimate of drug-likeness (QED) is 0.733. The number of anilines is 1. The molecule has 2 aromatic rings. The van der Waals surface area contributed by atoms with Gasteiger partial charge in [-0.25, -0.2) is 0 Å². The minimum Gasteiger partial charge on any atom is -0.371 e. The van der Waals surface area contributed by atoms with Gasteiger partial charge in [0.15, 0.2) is 0 Å². The van der Waals surface area contributed by atoms with Gasteiger partial charge in [0.05, 0.1) is 17.2 Å². The van der Waals surface area contributed by atoms with Gasteiger partial charge in [0, 0.05) is 38.1 Å². The number of carbonyl (C=O) groups excluding carboxylic acids is 2. The molecule has 2 amide bonds. The number of nitriles is 1. The summed E-state index contributed by atoms with van der Waals surface area (Å²) in [4.78, 5) is 28.8. The Morgan fingerprint density at radius 2 is 1.97 bits per heavy atom. The van der Waals surface area contributed by atoms with Crippen molar-refractivity contribution in [2.45, 2.75) is 44.9 Å². The predicted octanol–water partition coefficient (Wildman–Crippen LogP) is 2.78. The van der Waals surface area contributed by atoms with Crippen LogP contribution in [0.15, 0.2) is 30.5 Å². The average Bonchev–Trinajstić information content (AvgIpc) is 3.43. The number of piperidine rings is 1. The first kappa shape index (κ1) is 23.6. The van der Waals surface area contributed by atoms with E-state index in [2.05, 4.69) is 5.10 Å². The zero-order chi connectivity index (χ0) is 24.7. The van der Waals surface area contributed by atoms with E-state index in [1.165, 1.54) is 23.2 Å².